The van der Waals surface area contributed by atoms with Crippen molar-refractivity contribution in [2.24, 2.45) is 0 Å². The Kier molecular flexibility index (Phi) is 6.33. The zero-order chi connectivity index (χ0) is 12.5. The van der Waals surface area contributed by atoms with Gasteiger partial charge in [0.15, 0.2) is 0 Å². The van der Waals surface area contributed by atoms with Gasteiger partial charge in [-0.15, -0.1) is 11.3 Å². The van der Waals surface area contributed by atoms with Gasteiger partial charge >= 0.3 is 0 Å². The van der Waals surface area contributed by atoms with E-state index in [1.165, 1.54) is 11.3 Å². The minimum Gasteiger partial charge on any atom is -0.384 e. The van der Waals surface area contributed by atoms with Gasteiger partial charge in [0, 0.05) is 24.0 Å². The number of aliphatic hydroxyl groups excluding tert-OH is 1. The number of carbonyl (C=O) groups excluding carboxylic acids is 1. The first-order chi connectivity index (χ1) is 8.27. The van der Waals surface area contributed by atoms with Gasteiger partial charge in [-0.25, -0.2) is 0 Å². The Bertz CT molecular complexity index is 417. The number of thiophene rings is 1. The Hall–Kier alpha value is -1.35. The van der Waals surface area contributed by atoms with Gasteiger partial charge in [-0.2, -0.15) is 0 Å². The third kappa shape index (κ3) is 5.00. The minimum absolute atomic E-state index is 0.0404. The SMILES string of the molecule is COCCC(=O)NCc1sccc1C#CCO. The lowest BCUT2D eigenvalue weighted by Crippen LogP contribution is -2.23. The van der Waals surface area contributed by atoms with Crippen molar-refractivity contribution in [3.05, 3.63) is 21.9 Å². The molecule has 0 saturated heterocycles. The number of carbonyl (C=O) groups is 1. The van der Waals surface area contributed by atoms with Crippen LogP contribution in [0.2, 0.25) is 0 Å². The van der Waals surface area contributed by atoms with Gasteiger partial charge in [0.05, 0.1) is 13.2 Å². The fourth-order valence-electron chi connectivity index (χ4n) is 1.19. The molecule has 0 aliphatic rings. The van der Waals surface area contributed by atoms with E-state index in [0.29, 0.717) is 19.6 Å². The number of rotatable bonds is 5. The molecular formula is C12H15NO3S. The van der Waals surface area contributed by atoms with Crippen LogP contribution in [0.15, 0.2) is 11.4 Å². The predicted molar refractivity (Wildman–Crippen MR) is 66.6 cm³/mol. The van der Waals surface area contributed by atoms with Crippen molar-refractivity contribution in [2.45, 2.75) is 13.0 Å². The smallest absolute Gasteiger partial charge is 0.222 e. The monoisotopic (exact) mass is 253 g/mol. The molecule has 1 aromatic rings. The first-order valence-electron chi connectivity index (χ1n) is 5.19. The quantitative estimate of drug-likeness (QED) is 0.761. The molecule has 0 saturated carbocycles. The summed E-state index contributed by atoms with van der Waals surface area (Å²) in [5, 5.41) is 13.3. The van der Waals surface area contributed by atoms with Gasteiger partial charge in [-0.1, -0.05) is 11.8 Å². The Morgan fingerprint density at radius 1 is 1.65 bits per heavy atom. The number of nitrogens with one attached hydrogen (secondary N) is 1. The molecular weight excluding hydrogens is 238 g/mol. The van der Waals surface area contributed by atoms with Crippen molar-refractivity contribution in [1.29, 1.82) is 0 Å². The highest BCUT2D eigenvalue weighted by Gasteiger charge is 2.04. The molecule has 0 radical (unpaired) electrons. The van der Waals surface area contributed by atoms with E-state index in [2.05, 4.69) is 17.2 Å². The molecule has 5 heteroatoms. The van der Waals surface area contributed by atoms with Crippen LogP contribution in [0, 0.1) is 11.8 Å². The summed E-state index contributed by atoms with van der Waals surface area (Å²) < 4.78 is 4.82. The van der Waals surface area contributed by atoms with Crippen LogP contribution in [-0.2, 0) is 16.1 Å². The highest BCUT2D eigenvalue weighted by atomic mass is 32.1. The van der Waals surface area contributed by atoms with Crippen molar-refractivity contribution in [1.82, 2.24) is 5.32 Å². The number of hydrogen-bond acceptors (Lipinski definition) is 4. The van der Waals surface area contributed by atoms with E-state index in [0.717, 1.165) is 10.4 Å². The second-order valence-corrected chi connectivity index (χ2v) is 4.24. The molecule has 1 amide bonds. The van der Waals surface area contributed by atoms with Crippen molar-refractivity contribution in [2.75, 3.05) is 20.3 Å². The molecule has 2 N–H and O–H groups in total. The Balaban J connectivity index is 2.46. The van der Waals surface area contributed by atoms with Gasteiger partial charge in [-0.3, -0.25) is 4.79 Å². The average molecular weight is 253 g/mol. The molecule has 0 aliphatic carbocycles. The van der Waals surface area contributed by atoms with Gasteiger partial charge in [0.2, 0.25) is 5.91 Å². The van der Waals surface area contributed by atoms with E-state index >= 15 is 0 Å². The summed E-state index contributed by atoms with van der Waals surface area (Å²) in [7, 11) is 1.56. The maximum absolute atomic E-state index is 11.4. The van der Waals surface area contributed by atoms with Gasteiger partial charge in [0.25, 0.3) is 0 Å². The molecule has 0 spiro atoms. The number of amides is 1. The Morgan fingerprint density at radius 2 is 2.47 bits per heavy atom. The summed E-state index contributed by atoms with van der Waals surface area (Å²) >= 11 is 1.54. The van der Waals surface area contributed by atoms with Gasteiger partial charge < -0.3 is 15.2 Å². The fourth-order valence-corrected chi connectivity index (χ4v) is 1.96. The normalized spacial score (nSPS) is 9.53. The van der Waals surface area contributed by atoms with Crippen LogP contribution in [0.1, 0.15) is 16.9 Å². The molecule has 0 aliphatic heterocycles. The lowest BCUT2D eigenvalue weighted by atomic mass is 10.2. The Morgan fingerprint density at radius 3 is 3.18 bits per heavy atom. The zero-order valence-electron chi connectivity index (χ0n) is 9.66. The zero-order valence-corrected chi connectivity index (χ0v) is 10.5. The van der Waals surface area contributed by atoms with Crippen LogP contribution in [0.4, 0.5) is 0 Å². The first-order valence-corrected chi connectivity index (χ1v) is 6.07. The van der Waals surface area contributed by atoms with Crippen LogP contribution in [0.5, 0.6) is 0 Å². The standard InChI is InChI=1S/C12H15NO3S/c1-16-7-4-12(15)13-9-11-10(3-2-6-14)5-8-17-11/h5,8,14H,4,6-7,9H2,1H3,(H,13,15). The van der Waals surface area contributed by atoms with Crippen LogP contribution >= 0.6 is 11.3 Å². The molecule has 17 heavy (non-hydrogen) atoms. The molecule has 0 fully saturated rings. The number of aliphatic hydroxyl groups is 1. The van der Waals surface area contributed by atoms with E-state index in [1.807, 2.05) is 11.4 Å². The topological polar surface area (TPSA) is 58.6 Å². The van der Waals surface area contributed by atoms with E-state index in [1.54, 1.807) is 7.11 Å². The van der Waals surface area contributed by atoms with Gasteiger partial charge in [0.1, 0.15) is 6.61 Å². The third-order valence-corrected chi connectivity index (χ3v) is 2.95. The van der Waals surface area contributed by atoms with E-state index in [-0.39, 0.29) is 12.5 Å². The summed E-state index contributed by atoms with van der Waals surface area (Å²) in [5.74, 6) is 5.40. The summed E-state index contributed by atoms with van der Waals surface area (Å²) in [4.78, 5) is 12.4. The van der Waals surface area contributed by atoms with E-state index < -0.39 is 0 Å². The van der Waals surface area contributed by atoms with Crippen molar-refractivity contribution >= 4 is 17.2 Å². The van der Waals surface area contributed by atoms with Crippen molar-refractivity contribution in [3.63, 3.8) is 0 Å². The maximum atomic E-state index is 11.4. The molecule has 0 aromatic carbocycles. The molecule has 0 unspecified atom stereocenters. The summed E-state index contributed by atoms with van der Waals surface area (Å²) in [5.41, 5.74) is 0.857. The second kappa shape index (κ2) is 7.85. The van der Waals surface area contributed by atoms with Gasteiger partial charge in [-0.05, 0) is 11.4 Å². The molecule has 0 bridgehead atoms. The van der Waals surface area contributed by atoms with Crippen LogP contribution in [-0.4, -0.2) is 31.3 Å². The molecule has 1 aromatic heterocycles. The largest absolute Gasteiger partial charge is 0.384 e. The van der Waals surface area contributed by atoms with Crippen molar-refractivity contribution in [3.8, 4) is 11.8 Å². The first kappa shape index (κ1) is 13.7. The minimum atomic E-state index is -0.157. The average Bonchev–Trinajstić information content (AvgIpc) is 2.78. The number of ether oxygens (including phenoxy) is 1. The third-order valence-electron chi connectivity index (χ3n) is 2.03. The number of methoxy groups -OCH3 is 1. The molecule has 4 nitrogen and oxygen atoms in total. The Labute approximate surface area is 105 Å². The molecule has 1 heterocycles. The van der Waals surface area contributed by atoms with Crippen LogP contribution in [0.3, 0.4) is 0 Å². The highest BCUT2D eigenvalue weighted by molar-refractivity contribution is 7.10. The van der Waals surface area contributed by atoms with Crippen molar-refractivity contribution < 1.29 is 14.6 Å². The van der Waals surface area contributed by atoms with Crippen LogP contribution in [0.25, 0.3) is 0 Å². The molecule has 1 rings (SSSR count). The summed E-state index contributed by atoms with van der Waals surface area (Å²) in [6.07, 6.45) is 0.361. The lowest BCUT2D eigenvalue weighted by Gasteiger charge is -2.03. The maximum Gasteiger partial charge on any atom is 0.222 e. The fraction of sp³-hybridized carbons (Fsp3) is 0.417. The second-order valence-electron chi connectivity index (χ2n) is 3.24. The highest BCUT2D eigenvalue weighted by Crippen LogP contribution is 2.15. The predicted octanol–water partition coefficient (Wildman–Crippen LogP) is 0.745. The summed E-state index contributed by atoms with van der Waals surface area (Å²) in [6.45, 7) is 0.735. The van der Waals surface area contributed by atoms with E-state index in [9.17, 15) is 4.79 Å². The van der Waals surface area contributed by atoms with E-state index in [4.69, 9.17) is 9.84 Å². The van der Waals surface area contributed by atoms with Crippen LogP contribution < -0.4 is 5.32 Å². The summed E-state index contributed by atoms with van der Waals surface area (Å²) in [6, 6.07) is 1.88. The number of hydrogen-bond donors (Lipinski definition) is 2. The molecule has 0 atom stereocenters. The molecule has 92 valence electrons. The lowest BCUT2D eigenvalue weighted by molar-refractivity contribution is -0.122.